The summed E-state index contributed by atoms with van der Waals surface area (Å²) in [6, 6.07) is 0. The Labute approximate surface area is 62.0 Å². The van der Waals surface area contributed by atoms with E-state index in [2.05, 4.69) is 0 Å². The van der Waals surface area contributed by atoms with Crippen molar-refractivity contribution >= 4 is 0 Å². The van der Waals surface area contributed by atoms with E-state index in [9.17, 15) is 0 Å². The van der Waals surface area contributed by atoms with Gasteiger partial charge >= 0.3 is 0 Å². The molecular weight excluding hydrogens is 132 g/mol. The molecule has 0 amide bonds. The van der Waals surface area contributed by atoms with E-state index in [1.165, 1.54) is 0 Å². The van der Waals surface area contributed by atoms with E-state index in [-0.39, 0.29) is 6.61 Å². The Morgan fingerprint density at radius 1 is 1.10 bits per heavy atom. The van der Waals surface area contributed by atoms with Gasteiger partial charge in [0, 0.05) is 20.3 Å². The van der Waals surface area contributed by atoms with Gasteiger partial charge in [-0.15, -0.1) is 0 Å². The van der Waals surface area contributed by atoms with Crippen LogP contribution in [0.25, 0.3) is 0 Å². The summed E-state index contributed by atoms with van der Waals surface area (Å²) in [4.78, 5) is 0. The van der Waals surface area contributed by atoms with Crippen molar-refractivity contribution < 1.29 is 14.6 Å². The van der Waals surface area contributed by atoms with E-state index in [1.807, 2.05) is 0 Å². The molecular formula is C7H16O3. The van der Waals surface area contributed by atoms with Gasteiger partial charge in [0.25, 0.3) is 0 Å². The first kappa shape index (κ1) is 9.88. The third-order valence-corrected chi connectivity index (χ3v) is 1.13. The van der Waals surface area contributed by atoms with E-state index in [4.69, 9.17) is 14.6 Å². The monoisotopic (exact) mass is 148 g/mol. The highest BCUT2D eigenvalue weighted by atomic mass is 16.5. The van der Waals surface area contributed by atoms with Gasteiger partial charge in [-0.05, 0) is 12.8 Å². The van der Waals surface area contributed by atoms with Gasteiger partial charge in [-0.3, -0.25) is 0 Å². The molecule has 0 heterocycles. The van der Waals surface area contributed by atoms with E-state index in [1.54, 1.807) is 7.11 Å². The summed E-state index contributed by atoms with van der Waals surface area (Å²) in [6.45, 7) is 2.29. The summed E-state index contributed by atoms with van der Waals surface area (Å²) in [6.07, 6.45) is 1.76. The summed E-state index contributed by atoms with van der Waals surface area (Å²) >= 11 is 0. The molecule has 0 aromatic rings. The van der Waals surface area contributed by atoms with E-state index < -0.39 is 0 Å². The summed E-state index contributed by atoms with van der Waals surface area (Å²) in [5.41, 5.74) is 0. The number of aliphatic hydroxyl groups excluding tert-OH is 1. The Morgan fingerprint density at radius 2 is 1.90 bits per heavy atom. The molecule has 3 heteroatoms. The first-order chi connectivity index (χ1) is 4.91. The van der Waals surface area contributed by atoms with Gasteiger partial charge in [-0.25, -0.2) is 0 Å². The first-order valence-electron chi connectivity index (χ1n) is 3.59. The van der Waals surface area contributed by atoms with Gasteiger partial charge in [0.2, 0.25) is 0 Å². The van der Waals surface area contributed by atoms with Crippen LogP contribution in [0.4, 0.5) is 0 Å². The molecule has 0 saturated heterocycles. The maximum absolute atomic E-state index is 8.39. The second-order valence-corrected chi connectivity index (χ2v) is 2.04. The lowest BCUT2D eigenvalue weighted by Crippen LogP contribution is -2.03. The molecule has 0 aliphatic rings. The van der Waals surface area contributed by atoms with Crippen LogP contribution in [-0.4, -0.2) is 38.6 Å². The molecule has 0 rings (SSSR count). The van der Waals surface area contributed by atoms with Crippen molar-refractivity contribution in [2.24, 2.45) is 0 Å². The molecule has 10 heavy (non-hydrogen) atoms. The minimum atomic E-state index is 0.258. The molecule has 0 unspecified atom stereocenters. The zero-order valence-corrected chi connectivity index (χ0v) is 6.51. The largest absolute Gasteiger partial charge is 0.396 e. The number of methoxy groups -OCH3 is 1. The molecule has 3 nitrogen and oxygen atoms in total. The molecule has 0 aromatic heterocycles. The topological polar surface area (TPSA) is 38.7 Å². The van der Waals surface area contributed by atoms with Crippen molar-refractivity contribution in [1.29, 1.82) is 0 Å². The number of ether oxygens (including phenoxy) is 2. The fourth-order valence-electron chi connectivity index (χ4n) is 0.560. The molecule has 0 atom stereocenters. The van der Waals surface area contributed by atoms with Gasteiger partial charge in [-0.2, -0.15) is 0 Å². The molecule has 0 radical (unpaired) electrons. The van der Waals surface area contributed by atoms with Crippen LogP contribution in [0.15, 0.2) is 0 Å². The fourth-order valence-corrected chi connectivity index (χ4v) is 0.560. The van der Waals surface area contributed by atoms with Crippen LogP contribution in [0.2, 0.25) is 0 Å². The van der Waals surface area contributed by atoms with E-state index >= 15 is 0 Å². The lowest BCUT2D eigenvalue weighted by atomic mass is 10.3. The number of rotatable bonds is 7. The second-order valence-electron chi connectivity index (χ2n) is 2.04. The Hall–Kier alpha value is -0.120. The van der Waals surface area contributed by atoms with Gasteiger partial charge in [0.05, 0.1) is 13.2 Å². The third kappa shape index (κ3) is 7.88. The third-order valence-electron chi connectivity index (χ3n) is 1.13. The summed E-state index contributed by atoms with van der Waals surface area (Å²) in [5.74, 6) is 0. The van der Waals surface area contributed by atoms with E-state index in [0.717, 1.165) is 19.4 Å². The lowest BCUT2D eigenvalue weighted by molar-refractivity contribution is 0.0670. The maximum Gasteiger partial charge on any atom is 0.0700 e. The highest BCUT2D eigenvalue weighted by Crippen LogP contribution is 1.87. The van der Waals surface area contributed by atoms with Crippen molar-refractivity contribution in [3.05, 3.63) is 0 Å². The smallest absolute Gasteiger partial charge is 0.0700 e. The molecule has 0 aromatic carbocycles. The van der Waals surface area contributed by atoms with Crippen LogP contribution in [0.3, 0.4) is 0 Å². The number of hydrogen-bond donors (Lipinski definition) is 1. The molecule has 1 N–H and O–H groups in total. The molecule has 0 bridgehead atoms. The zero-order valence-electron chi connectivity index (χ0n) is 6.51. The Kier molecular flexibility index (Phi) is 8.77. The van der Waals surface area contributed by atoms with Gasteiger partial charge < -0.3 is 14.6 Å². The maximum atomic E-state index is 8.39. The summed E-state index contributed by atoms with van der Waals surface area (Å²) in [7, 11) is 1.65. The van der Waals surface area contributed by atoms with Crippen molar-refractivity contribution in [3.8, 4) is 0 Å². The zero-order chi connectivity index (χ0) is 7.66. The summed E-state index contributed by atoms with van der Waals surface area (Å²) < 4.78 is 9.91. The van der Waals surface area contributed by atoms with Crippen molar-refractivity contribution in [2.75, 3.05) is 33.5 Å². The summed E-state index contributed by atoms with van der Waals surface area (Å²) in [5, 5.41) is 8.39. The van der Waals surface area contributed by atoms with Crippen LogP contribution in [0.5, 0.6) is 0 Å². The Balaban J connectivity index is 2.65. The molecule has 62 valence electrons. The van der Waals surface area contributed by atoms with Crippen molar-refractivity contribution in [3.63, 3.8) is 0 Å². The molecule has 0 aliphatic heterocycles. The van der Waals surface area contributed by atoms with Crippen LogP contribution < -0.4 is 0 Å². The Bertz CT molecular complexity index is 48.8. The minimum Gasteiger partial charge on any atom is -0.396 e. The minimum absolute atomic E-state index is 0.258. The number of unbranched alkanes of at least 4 members (excludes halogenated alkanes) is 1. The lowest BCUT2D eigenvalue weighted by Gasteiger charge is -2.01. The highest BCUT2D eigenvalue weighted by molar-refractivity contribution is 4.35. The van der Waals surface area contributed by atoms with Crippen LogP contribution in [0.1, 0.15) is 12.8 Å². The standard InChI is InChI=1S/C7H16O3/c1-9-6-7-10-5-3-2-4-8/h8H,2-7H2,1H3. The molecule has 0 aliphatic carbocycles. The normalized spacial score (nSPS) is 10.2. The van der Waals surface area contributed by atoms with Crippen LogP contribution in [0, 0.1) is 0 Å². The van der Waals surface area contributed by atoms with Gasteiger partial charge in [0.1, 0.15) is 0 Å². The van der Waals surface area contributed by atoms with Crippen LogP contribution in [-0.2, 0) is 9.47 Å². The predicted molar refractivity (Wildman–Crippen MR) is 39.0 cm³/mol. The number of aliphatic hydroxyl groups is 1. The van der Waals surface area contributed by atoms with Crippen molar-refractivity contribution in [1.82, 2.24) is 0 Å². The van der Waals surface area contributed by atoms with Gasteiger partial charge in [-0.1, -0.05) is 0 Å². The SMILES string of the molecule is COCCOCCCCO. The molecule has 0 spiro atoms. The average molecular weight is 148 g/mol. The fraction of sp³-hybridized carbons (Fsp3) is 1.00. The first-order valence-corrected chi connectivity index (χ1v) is 3.59. The van der Waals surface area contributed by atoms with Crippen molar-refractivity contribution in [2.45, 2.75) is 12.8 Å². The van der Waals surface area contributed by atoms with Gasteiger partial charge in [0.15, 0.2) is 0 Å². The second kappa shape index (κ2) is 8.88. The Morgan fingerprint density at radius 3 is 2.50 bits per heavy atom. The van der Waals surface area contributed by atoms with Crippen LogP contribution >= 0.6 is 0 Å². The predicted octanol–water partition coefficient (Wildman–Crippen LogP) is 0.422. The highest BCUT2D eigenvalue weighted by Gasteiger charge is 1.87. The quantitative estimate of drug-likeness (QED) is 0.532. The number of hydrogen-bond acceptors (Lipinski definition) is 3. The molecule has 0 fully saturated rings. The molecule has 0 saturated carbocycles. The van der Waals surface area contributed by atoms with E-state index in [0.29, 0.717) is 13.2 Å². The average Bonchev–Trinajstić information content (AvgIpc) is 1.97.